The SMILES string of the molecule is Cc1nnc(N2CCC[C@@H](C(=O)NCCN3CCOCC3)C2)c2nn(-c3ccccc3)c(C)c12. The molecule has 0 aliphatic carbocycles. The molecule has 2 aliphatic heterocycles. The molecule has 1 atom stereocenters. The van der Waals surface area contributed by atoms with Gasteiger partial charge in [-0.1, -0.05) is 18.2 Å². The number of ether oxygens (including phenoxy) is 1. The van der Waals surface area contributed by atoms with Crippen molar-refractivity contribution in [3.8, 4) is 5.69 Å². The molecule has 34 heavy (non-hydrogen) atoms. The van der Waals surface area contributed by atoms with Gasteiger partial charge in [-0.2, -0.15) is 10.2 Å². The Morgan fingerprint density at radius 2 is 1.91 bits per heavy atom. The highest BCUT2D eigenvalue weighted by molar-refractivity contribution is 5.92. The monoisotopic (exact) mass is 463 g/mol. The van der Waals surface area contributed by atoms with E-state index in [4.69, 9.17) is 9.84 Å². The Morgan fingerprint density at radius 3 is 2.71 bits per heavy atom. The van der Waals surface area contributed by atoms with Crippen LogP contribution in [-0.2, 0) is 9.53 Å². The molecule has 0 radical (unpaired) electrons. The van der Waals surface area contributed by atoms with Crippen molar-refractivity contribution < 1.29 is 9.53 Å². The third-order valence-corrected chi connectivity index (χ3v) is 6.91. The number of carbonyl (C=O) groups is 1. The van der Waals surface area contributed by atoms with Gasteiger partial charge in [0.15, 0.2) is 5.82 Å². The smallest absolute Gasteiger partial charge is 0.224 e. The second-order valence-electron chi connectivity index (χ2n) is 9.20. The van der Waals surface area contributed by atoms with Crippen LogP contribution in [0.5, 0.6) is 0 Å². The summed E-state index contributed by atoms with van der Waals surface area (Å²) in [5, 5.41) is 18.1. The largest absolute Gasteiger partial charge is 0.379 e. The van der Waals surface area contributed by atoms with E-state index in [9.17, 15) is 4.79 Å². The molecule has 1 N–H and O–H groups in total. The molecule has 2 fully saturated rings. The fourth-order valence-electron chi connectivity index (χ4n) is 5.04. The number of nitrogens with zero attached hydrogens (tertiary/aromatic N) is 6. The van der Waals surface area contributed by atoms with Gasteiger partial charge in [-0.3, -0.25) is 9.69 Å². The van der Waals surface area contributed by atoms with Gasteiger partial charge in [-0.15, -0.1) is 5.10 Å². The van der Waals surface area contributed by atoms with Gasteiger partial charge in [0.05, 0.1) is 41.6 Å². The molecule has 3 aromatic rings. The quantitative estimate of drug-likeness (QED) is 0.599. The number of piperidine rings is 1. The Bertz CT molecular complexity index is 1140. The Kier molecular flexibility index (Phi) is 6.73. The van der Waals surface area contributed by atoms with Gasteiger partial charge in [-0.05, 0) is 38.8 Å². The average Bonchev–Trinajstić information content (AvgIpc) is 3.23. The highest BCUT2D eigenvalue weighted by Crippen LogP contribution is 2.31. The van der Waals surface area contributed by atoms with Crippen LogP contribution in [0.25, 0.3) is 16.6 Å². The van der Waals surface area contributed by atoms with Gasteiger partial charge in [0.2, 0.25) is 5.91 Å². The van der Waals surface area contributed by atoms with Crippen LogP contribution in [0.2, 0.25) is 0 Å². The first-order valence-corrected chi connectivity index (χ1v) is 12.2. The van der Waals surface area contributed by atoms with Gasteiger partial charge in [-0.25, -0.2) is 4.68 Å². The van der Waals surface area contributed by atoms with Crippen molar-refractivity contribution in [2.24, 2.45) is 5.92 Å². The fourth-order valence-corrected chi connectivity index (χ4v) is 5.04. The number of carbonyl (C=O) groups excluding carboxylic acids is 1. The molecule has 0 saturated carbocycles. The lowest BCUT2D eigenvalue weighted by Crippen LogP contribution is -2.46. The van der Waals surface area contributed by atoms with Crippen LogP contribution in [0.4, 0.5) is 5.82 Å². The number of hydrogen-bond acceptors (Lipinski definition) is 7. The van der Waals surface area contributed by atoms with Crippen molar-refractivity contribution in [1.82, 2.24) is 30.2 Å². The van der Waals surface area contributed by atoms with Gasteiger partial charge in [0.25, 0.3) is 0 Å². The molecular weight excluding hydrogens is 430 g/mol. The number of hydrogen-bond donors (Lipinski definition) is 1. The Balaban J connectivity index is 1.32. The predicted octanol–water partition coefficient (Wildman–Crippen LogP) is 2.10. The summed E-state index contributed by atoms with van der Waals surface area (Å²) in [5.41, 5.74) is 3.78. The van der Waals surface area contributed by atoms with E-state index in [0.29, 0.717) is 13.1 Å². The summed E-state index contributed by atoms with van der Waals surface area (Å²) in [6.45, 7) is 10.5. The Morgan fingerprint density at radius 1 is 1.12 bits per heavy atom. The zero-order valence-electron chi connectivity index (χ0n) is 20.0. The van der Waals surface area contributed by atoms with Crippen LogP contribution in [0.15, 0.2) is 30.3 Å². The van der Waals surface area contributed by atoms with Crippen molar-refractivity contribution >= 4 is 22.6 Å². The molecule has 0 spiro atoms. The molecule has 2 aromatic heterocycles. The molecule has 2 aliphatic rings. The number of rotatable bonds is 6. The molecule has 1 aromatic carbocycles. The van der Waals surface area contributed by atoms with E-state index in [0.717, 1.165) is 86.0 Å². The second-order valence-corrected chi connectivity index (χ2v) is 9.20. The Hall–Kier alpha value is -3.04. The molecule has 1 amide bonds. The minimum absolute atomic E-state index is 0.0612. The zero-order valence-corrected chi connectivity index (χ0v) is 20.0. The maximum absolute atomic E-state index is 12.9. The number of fused-ring (bicyclic) bond motifs is 1. The van der Waals surface area contributed by atoms with Crippen LogP contribution in [0.1, 0.15) is 24.2 Å². The van der Waals surface area contributed by atoms with Crippen molar-refractivity contribution in [2.45, 2.75) is 26.7 Å². The van der Waals surface area contributed by atoms with E-state index in [1.165, 1.54) is 0 Å². The summed E-state index contributed by atoms with van der Waals surface area (Å²) >= 11 is 0. The summed E-state index contributed by atoms with van der Waals surface area (Å²) in [5.74, 6) is 0.832. The third-order valence-electron chi connectivity index (χ3n) is 6.91. The fraction of sp³-hybridized carbons (Fsp3) is 0.520. The first-order chi connectivity index (χ1) is 16.6. The first-order valence-electron chi connectivity index (χ1n) is 12.2. The summed E-state index contributed by atoms with van der Waals surface area (Å²) in [4.78, 5) is 17.5. The van der Waals surface area contributed by atoms with E-state index in [1.807, 2.05) is 41.9 Å². The maximum Gasteiger partial charge on any atom is 0.224 e. The van der Waals surface area contributed by atoms with E-state index in [-0.39, 0.29) is 11.8 Å². The number of nitrogens with one attached hydrogen (secondary N) is 1. The number of amides is 1. The summed E-state index contributed by atoms with van der Waals surface area (Å²) in [6.07, 6.45) is 1.83. The third kappa shape index (κ3) is 4.63. The minimum Gasteiger partial charge on any atom is -0.379 e. The number of aryl methyl sites for hydroxylation is 2. The van der Waals surface area contributed by atoms with Crippen LogP contribution in [-0.4, -0.2) is 83.3 Å². The average molecular weight is 464 g/mol. The molecule has 180 valence electrons. The van der Waals surface area contributed by atoms with Gasteiger partial charge in [0.1, 0.15) is 5.52 Å². The maximum atomic E-state index is 12.9. The van der Waals surface area contributed by atoms with E-state index >= 15 is 0 Å². The lowest BCUT2D eigenvalue weighted by Gasteiger charge is -2.33. The molecule has 9 nitrogen and oxygen atoms in total. The van der Waals surface area contributed by atoms with Crippen molar-refractivity contribution in [1.29, 1.82) is 0 Å². The molecule has 0 bridgehead atoms. The van der Waals surface area contributed by atoms with E-state index < -0.39 is 0 Å². The van der Waals surface area contributed by atoms with Gasteiger partial charge < -0.3 is 15.0 Å². The first kappa shape index (κ1) is 22.7. The molecule has 0 unspecified atom stereocenters. The molecule has 9 heteroatoms. The number of anilines is 1. The number of morpholine rings is 1. The summed E-state index contributed by atoms with van der Waals surface area (Å²) in [7, 11) is 0. The van der Waals surface area contributed by atoms with Crippen LogP contribution < -0.4 is 10.2 Å². The highest BCUT2D eigenvalue weighted by atomic mass is 16.5. The minimum atomic E-state index is -0.0612. The van der Waals surface area contributed by atoms with E-state index in [1.54, 1.807) is 0 Å². The zero-order chi connectivity index (χ0) is 23.5. The molecular formula is C25H33N7O2. The van der Waals surface area contributed by atoms with Crippen molar-refractivity contribution in [3.05, 3.63) is 41.7 Å². The molecule has 2 saturated heterocycles. The standard InChI is InChI=1S/C25H33N7O2/c1-18-22-19(2)32(21-8-4-3-5-9-21)29-23(22)24(28-27-18)31-11-6-7-20(17-31)25(33)26-10-12-30-13-15-34-16-14-30/h3-5,8-9,20H,6-7,10-17H2,1-2H3,(H,26,33)/t20-/m1/s1. The summed E-state index contributed by atoms with van der Waals surface area (Å²) in [6, 6.07) is 10.1. The highest BCUT2D eigenvalue weighted by Gasteiger charge is 2.29. The van der Waals surface area contributed by atoms with E-state index in [2.05, 4.69) is 32.2 Å². The summed E-state index contributed by atoms with van der Waals surface area (Å²) < 4.78 is 7.36. The Labute approximate surface area is 200 Å². The van der Waals surface area contributed by atoms with Crippen LogP contribution >= 0.6 is 0 Å². The van der Waals surface area contributed by atoms with Crippen LogP contribution in [0.3, 0.4) is 0 Å². The predicted molar refractivity (Wildman–Crippen MR) is 131 cm³/mol. The van der Waals surface area contributed by atoms with Crippen molar-refractivity contribution in [3.63, 3.8) is 0 Å². The normalized spacial score (nSPS) is 19.5. The molecule has 5 rings (SSSR count). The lowest BCUT2D eigenvalue weighted by molar-refractivity contribution is -0.125. The second kappa shape index (κ2) is 10.1. The number of para-hydroxylation sites is 1. The van der Waals surface area contributed by atoms with Gasteiger partial charge in [0, 0.05) is 39.3 Å². The number of aromatic nitrogens is 4. The lowest BCUT2D eigenvalue weighted by atomic mass is 9.97. The number of benzene rings is 1. The van der Waals surface area contributed by atoms with Crippen LogP contribution in [0, 0.1) is 19.8 Å². The van der Waals surface area contributed by atoms with Crippen molar-refractivity contribution in [2.75, 3.05) is 57.4 Å². The van der Waals surface area contributed by atoms with Gasteiger partial charge >= 0.3 is 0 Å². The topological polar surface area (TPSA) is 88.4 Å². The molecule has 4 heterocycles.